The van der Waals surface area contributed by atoms with Crippen LogP contribution in [-0.2, 0) is 11.2 Å². The number of hydrogen-bond donors (Lipinski definition) is 1. The third kappa shape index (κ3) is 2.97. The second-order valence-electron chi connectivity index (χ2n) is 6.92. The Labute approximate surface area is 157 Å². The lowest BCUT2D eigenvalue weighted by molar-refractivity contribution is -0.122. The molecule has 1 atom stereocenters. The standard InChI is InChI=1S/C21H20N2O4/c24-13-14-11-17(15-5-2-1-3-6-15)16-8-10-22(19(16)12-14)20(25)18-7-4-9-23(18)21(26)27/h1-3,5-6,11-13,18H,4,7-10H2,(H,26,27). The van der Waals surface area contributed by atoms with Crippen LogP contribution in [0, 0.1) is 0 Å². The third-order valence-corrected chi connectivity index (χ3v) is 5.40. The third-order valence-electron chi connectivity index (χ3n) is 5.40. The maximum atomic E-state index is 13.1. The average molecular weight is 364 g/mol. The van der Waals surface area contributed by atoms with E-state index in [4.69, 9.17) is 0 Å². The number of rotatable bonds is 3. The Bertz CT molecular complexity index is 910. The Morgan fingerprint density at radius 1 is 1.11 bits per heavy atom. The molecule has 2 amide bonds. The zero-order valence-electron chi connectivity index (χ0n) is 14.8. The molecule has 0 aromatic heterocycles. The van der Waals surface area contributed by atoms with Crippen LogP contribution in [0.4, 0.5) is 10.5 Å². The molecule has 0 aliphatic carbocycles. The second kappa shape index (κ2) is 6.87. The first kappa shape index (κ1) is 17.3. The van der Waals surface area contributed by atoms with Gasteiger partial charge in [-0.15, -0.1) is 0 Å². The van der Waals surface area contributed by atoms with Crippen molar-refractivity contribution in [3.05, 3.63) is 53.6 Å². The Balaban J connectivity index is 1.74. The Kier molecular flexibility index (Phi) is 4.39. The molecule has 138 valence electrons. The Morgan fingerprint density at radius 2 is 1.89 bits per heavy atom. The minimum absolute atomic E-state index is 0.198. The van der Waals surface area contributed by atoms with Gasteiger partial charge in [0.05, 0.1) is 0 Å². The quantitative estimate of drug-likeness (QED) is 0.849. The van der Waals surface area contributed by atoms with Crippen LogP contribution in [-0.4, -0.2) is 47.4 Å². The van der Waals surface area contributed by atoms with Gasteiger partial charge in [0.2, 0.25) is 5.91 Å². The summed E-state index contributed by atoms with van der Waals surface area (Å²) in [5.41, 5.74) is 4.21. The van der Waals surface area contributed by atoms with Crippen molar-refractivity contribution in [2.24, 2.45) is 0 Å². The lowest BCUT2D eigenvalue weighted by Crippen LogP contribution is -2.47. The molecule has 1 unspecified atom stereocenters. The molecule has 6 nitrogen and oxygen atoms in total. The predicted octanol–water partition coefficient (Wildman–Crippen LogP) is 3.20. The molecule has 4 rings (SSSR count). The van der Waals surface area contributed by atoms with Crippen LogP contribution in [0.1, 0.15) is 28.8 Å². The fraction of sp³-hybridized carbons (Fsp3) is 0.286. The van der Waals surface area contributed by atoms with Crippen molar-refractivity contribution in [3.8, 4) is 11.1 Å². The van der Waals surface area contributed by atoms with Gasteiger partial charge in [0.1, 0.15) is 12.3 Å². The lowest BCUT2D eigenvalue weighted by Gasteiger charge is -2.26. The number of fused-ring (bicyclic) bond motifs is 1. The number of nitrogens with zero attached hydrogens (tertiary/aromatic N) is 2. The van der Waals surface area contributed by atoms with E-state index in [-0.39, 0.29) is 5.91 Å². The van der Waals surface area contributed by atoms with Crippen molar-refractivity contribution in [2.45, 2.75) is 25.3 Å². The molecular formula is C21H20N2O4. The van der Waals surface area contributed by atoms with Crippen LogP contribution in [0.5, 0.6) is 0 Å². The molecule has 2 aromatic rings. The fourth-order valence-corrected chi connectivity index (χ4v) is 4.13. The molecule has 0 spiro atoms. The van der Waals surface area contributed by atoms with Crippen molar-refractivity contribution in [1.29, 1.82) is 0 Å². The first-order valence-electron chi connectivity index (χ1n) is 9.08. The van der Waals surface area contributed by atoms with E-state index in [1.807, 2.05) is 36.4 Å². The van der Waals surface area contributed by atoms with E-state index in [0.29, 0.717) is 37.9 Å². The van der Waals surface area contributed by atoms with Crippen LogP contribution in [0.3, 0.4) is 0 Å². The normalized spacial score (nSPS) is 18.4. The van der Waals surface area contributed by atoms with Gasteiger partial charge in [-0.25, -0.2) is 4.79 Å². The van der Waals surface area contributed by atoms with E-state index < -0.39 is 12.1 Å². The number of likely N-dealkylation sites (tertiary alicyclic amines) is 1. The molecule has 2 aromatic carbocycles. The number of anilines is 1. The van der Waals surface area contributed by atoms with E-state index >= 15 is 0 Å². The molecule has 0 bridgehead atoms. The minimum Gasteiger partial charge on any atom is -0.465 e. The van der Waals surface area contributed by atoms with E-state index in [9.17, 15) is 19.5 Å². The number of carbonyl (C=O) groups excluding carboxylic acids is 2. The van der Waals surface area contributed by atoms with Crippen molar-refractivity contribution >= 4 is 24.0 Å². The van der Waals surface area contributed by atoms with Crippen LogP contribution in [0.2, 0.25) is 0 Å². The molecule has 1 fully saturated rings. The highest BCUT2D eigenvalue weighted by Gasteiger charge is 2.39. The molecule has 1 saturated heterocycles. The van der Waals surface area contributed by atoms with Gasteiger partial charge in [0, 0.05) is 24.3 Å². The highest BCUT2D eigenvalue weighted by Crippen LogP contribution is 2.38. The van der Waals surface area contributed by atoms with Gasteiger partial charge in [-0.2, -0.15) is 0 Å². The molecule has 6 heteroatoms. The predicted molar refractivity (Wildman–Crippen MR) is 101 cm³/mol. The van der Waals surface area contributed by atoms with E-state index in [1.165, 1.54) is 4.90 Å². The summed E-state index contributed by atoms with van der Waals surface area (Å²) in [4.78, 5) is 38.9. The van der Waals surface area contributed by atoms with Crippen LogP contribution >= 0.6 is 0 Å². The van der Waals surface area contributed by atoms with Crippen LogP contribution < -0.4 is 4.90 Å². The number of aldehydes is 1. The number of carbonyl (C=O) groups is 3. The topological polar surface area (TPSA) is 77.9 Å². The highest BCUT2D eigenvalue weighted by molar-refractivity contribution is 6.02. The Morgan fingerprint density at radius 3 is 2.59 bits per heavy atom. The molecule has 1 N–H and O–H groups in total. The van der Waals surface area contributed by atoms with Crippen molar-refractivity contribution < 1.29 is 19.5 Å². The second-order valence-corrected chi connectivity index (χ2v) is 6.92. The molecule has 2 aliphatic rings. The number of hydrogen-bond acceptors (Lipinski definition) is 3. The number of amides is 2. The maximum absolute atomic E-state index is 13.1. The average Bonchev–Trinajstić information content (AvgIpc) is 3.34. The summed E-state index contributed by atoms with van der Waals surface area (Å²) in [7, 11) is 0. The fourth-order valence-electron chi connectivity index (χ4n) is 4.13. The number of carboxylic acid groups (broad SMARTS) is 1. The van der Waals surface area contributed by atoms with Gasteiger partial charge in [0.15, 0.2) is 0 Å². The maximum Gasteiger partial charge on any atom is 0.407 e. The summed E-state index contributed by atoms with van der Waals surface area (Å²) in [6.45, 7) is 0.885. The molecule has 27 heavy (non-hydrogen) atoms. The highest BCUT2D eigenvalue weighted by atomic mass is 16.4. The summed E-state index contributed by atoms with van der Waals surface area (Å²) in [6.07, 6.45) is 1.64. The summed E-state index contributed by atoms with van der Waals surface area (Å²) < 4.78 is 0. The van der Waals surface area contributed by atoms with Gasteiger partial charge in [-0.1, -0.05) is 30.3 Å². The van der Waals surface area contributed by atoms with E-state index in [2.05, 4.69) is 0 Å². The van der Waals surface area contributed by atoms with Gasteiger partial charge >= 0.3 is 6.09 Å². The van der Waals surface area contributed by atoms with Gasteiger partial charge < -0.3 is 10.0 Å². The monoisotopic (exact) mass is 364 g/mol. The largest absolute Gasteiger partial charge is 0.465 e. The molecule has 2 heterocycles. The molecule has 2 aliphatic heterocycles. The van der Waals surface area contributed by atoms with Crippen molar-refractivity contribution in [2.75, 3.05) is 18.0 Å². The zero-order chi connectivity index (χ0) is 19.0. The Hall–Kier alpha value is -3.15. The van der Waals surface area contributed by atoms with Crippen molar-refractivity contribution in [3.63, 3.8) is 0 Å². The van der Waals surface area contributed by atoms with E-state index in [1.54, 1.807) is 11.0 Å². The first-order chi connectivity index (χ1) is 13.1. The summed E-state index contributed by atoms with van der Waals surface area (Å²) in [5.74, 6) is -0.198. The summed E-state index contributed by atoms with van der Waals surface area (Å²) in [6, 6.07) is 12.7. The summed E-state index contributed by atoms with van der Waals surface area (Å²) in [5, 5.41) is 9.35. The number of benzene rings is 2. The van der Waals surface area contributed by atoms with Gasteiger partial charge in [0.25, 0.3) is 0 Å². The SMILES string of the molecule is O=Cc1cc(-c2ccccc2)c2c(c1)N(C(=O)C1CCCN1C(=O)O)CC2. The molecule has 0 saturated carbocycles. The molecular weight excluding hydrogens is 344 g/mol. The first-order valence-corrected chi connectivity index (χ1v) is 9.08. The minimum atomic E-state index is -1.06. The van der Waals surface area contributed by atoms with Gasteiger partial charge in [-0.3, -0.25) is 14.5 Å². The van der Waals surface area contributed by atoms with Crippen LogP contribution in [0.15, 0.2) is 42.5 Å². The lowest BCUT2D eigenvalue weighted by atomic mass is 9.95. The molecule has 0 radical (unpaired) electrons. The van der Waals surface area contributed by atoms with Crippen LogP contribution in [0.25, 0.3) is 11.1 Å². The van der Waals surface area contributed by atoms with Gasteiger partial charge in [-0.05, 0) is 48.1 Å². The van der Waals surface area contributed by atoms with E-state index in [0.717, 1.165) is 28.7 Å². The zero-order valence-corrected chi connectivity index (χ0v) is 14.8. The summed E-state index contributed by atoms with van der Waals surface area (Å²) >= 11 is 0. The van der Waals surface area contributed by atoms with Crippen molar-refractivity contribution in [1.82, 2.24) is 4.90 Å². The smallest absolute Gasteiger partial charge is 0.407 e.